The Morgan fingerprint density at radius 2 is 1.41 bits per heavy atom. The van der Waals surface area contributed by atoms with Crippen LogP contribution in [0.2, 0.25) is 0 Å². The topological polar surface area (TPSA) is 68.2 Å². The van der Waals surface area contributed by atoms with E-state index in [0.717, 1.165) is 33.2 Å². The molecule has 1 unspecified atom stereocenters. The van der Waals surface area contributed by atoms with Crippen LogP contribution < -0.4 is 14.2 Å². The van der Waals surface area contributed by atoms with Gasteiger partial charge in [-0.3, -0.25) is 0 Å². The fraction of sp³-hybridized carbons (Fsp3) is 0.185. The summed E-state index contributed by atoms with van der Waals surface area (Å²) in [4.78, 5) is 0. The van der Waals surface area contributed by atoms with Gasteiger partial charge in [-0.05, 0) is 64.9 Å². The standard InChI is InChI=1S/C27H24O5/c1-27(29)21-8-6-5-7-17(21)26-20-13-25(32-4)19(12-18(20)23(28)14-22(26)27)16-10-9-15(30-2)11-24(16)31-3/h5-14,28-29H,1-4H3. The highest BCUT2D eigenvalue weighted by Gasteiger charge is 2.39. The van der Waals surface area contributed by atoms with Gasteiger partial charge in [-0.15, -0.1) is 0 Å². The molecule has 2 N–H and O–H groups in total. The van der Waals surface area contributed by atoms with E-state index in [-0.39, 0.29) is 5.75 Å². The zero-order chi connectivity index (χ0) is 22.6. The van der Waals surface area contributed by atoms with E-state index in [1.807, 2.05) is 54.6 Å². The van der Waals surface area contributed by atoms with E-state index in [0.29, 0.717) is 28.2 Å². The third-order valence-electron chi connectivity index (χ3n) is 6.38. The predicted octanol–water partition coefficient (Wildman–Crippen LogP) is 5.47. The minimum absolute atomic E-state index is 0.100. The molecule has 0 saturated carbocycles. The van der Waals surface area contributed by atoms with Crippen LogP contribution in [0.1, 0.15) is 18.1 Å². The number of hydrogen-bond donors (Lipinski definition) is 2. The Bertz CT molecular complexity index is 1370. The van der Waals surface area contributed by atoms with Crippen molar-refractivity contribution in [2.45, 2.75) is 12.5 Å². The lowest BCUT2D eigenvalue weighted by Gasteiger charge is -2.21. The molecule has 0 bridgehead atoms. The summed E-state index contributed by atoms with van der Waals surface area (Å²) in [6.45, 7) is 1.76. The Morgan fingerprint density at radius 1 is 0.688 bits per heavy atom. The molecular formula is C27H24O5. The number of benzene rings is 4. The van der Waals surface area contributed by atoms with Gasteiger partial charge in [0.25, 0.3) is 0 Å². The van der Waals surface area contributed by atoms with Crippen molar-refractivity contribution in [2.75, 3.05) is 21.3 Å². The van der Waals surface area contributed by atoms with Crippen molar-refractivity contribution in [3.05, 3.63) is 71.8 Å². The van der Waals surface area contributed by atoms with E-state index >= 15 is 0 Å². The summed E-state index contributed by atoms with van der Waals surface area (Å²) in [7, 11) is 4.83. The van der Waals surface area contributed by atoms with Crippen LogP contribution in [-0.4, -0.2) is 31.5 Å². The van der Waals surface area contributed by atoms with Crippen molar-refractivity contribution in [1.82, 2.24) is 0 Å². The number of aromatic hydroxyl groups is 1. The fourth-order valence-electron chi connectivity index (χ4n) is 4.78. The number of methoxy groups -OCH3 is 3. The van der Waals surface area contributed by atoms with E-state index < -0.39 is 5.60 Å². The first-order valence-electron chi connectivity index (χ1n) is 10.3. The lowest BCUT2D eigenvalue weighted by Crippen LogP contribution is -2.19. The van der Waals surface area contributed by atoms with Gasteiger partial charge in [-0.2, -0.15) is 0 Å². The Labute approximate surface area is 186 Å². The highest BCUT2D eigenvalue weighted by Crippen LogP contribution is 2.53. The Kier molecular flexibility index (Phi) is 4.53. The number of fused-ring (bicyclic) bond motifs is 5. The van der Waals surface area contributed by atoms with E-state index in [9.17, 15) is 10.2 Å². The molecule has 0 heterocycles. The van der Waals surface area contributed by atoms with Crippen LogP contribution in [-0.2, 0) is 5.60 Å². The first-order chi connectivity index (χ1) is 15.4. The van der Waals surface area contributed by atoms with Crippen LogP contribution in [0, 0.1) is 0 Å². The molecule has 1 aliphatic rings. The predicted molar refractivity (Wildman–Crippen MR) is 125 cm³/mol. The molecule has 32 heavy (non-hydrogen) atoms. The third-order valence-corrected chi connectivity index (χ3v) is 6.38. The molecule has 5 rings (SSSR count). The summed E-state index contributed by atoms with van der Waals surface area (Å²) in [6.07, 6.45) is 0. The van der Waals surface area contributed by atoms with Gasteiger partial charge in [-0.25, -0.2) is 0 Å². The summed E-state index contributed by atoms with van der Waals surface area (Å²) < 4.78 is 16.7. The molecule has 1 atom stereocenters. The van der Waals surface area contributed by atoms with Crippen LogP contribution in [0.15, 0.2) is 60.7 Å². The Morgan fingerprint density at radius 3 is 2.12 bits per heavy atom. The Balaban J connectivity index is 1.84. The quantitative estimate of drug-likeness (QED) is 0.451. The maximum Gasteiger partial charge on any atom is 0.130 e. The van der Waals surface area contributed by atoms with Crippen LogP contribution in [0.4, 0.5) is 0 Å². The average molecular weight is 428 g/mol. The molecule has 4 aromatic carbocycles. The highest BCUT2D eigenvalue weighted by atomic mass is 16.5. The van der Waals surface area contributed by atoms with Crippen molar-refractivity contribution in [1.29, 1.82) is 0 Å². The van der Waals surface area contributed by atoms with Gasteiger partial charge in [0.2, 0.25) is 0 Å². The molecule has 1 aliphatic carbocycles. The molecule has 0 spiro atoms. The molecule has 4 aromatic rings. The van der Waals surface area contributed by atoms with Crippen molar-refractivity contribution in [3.63, 3.8) is 0 Å². The first kappa shape index (κ1) is 20.2. The zero-order valence-corrected chi connectivity index (χ0v) is 18.4. The first-order valence-corrected chi connectivity index (χ1v) is 10.3. The molecule has 5 nitrogen and oxygen atoms in total. The molecule has 0 fully saturated rings. The van der Waals surface area contributed by atoms with Crippen LogP contribution in [0.5, 0.6) is 23.0 Å². The number of phenolic OH excluding ortho intramolecular Hbond substituents is 1. The van der Waals surface area contributed by atoms with Gasteiger partial charge < -0.3 is 24.4 Å². The fourth-order valence-corrected chi connectivity index (χ4v) is 4.78. The van der Waals surface area contributed by atoms with Crippen LogP contribution >= 0.6 is 0 Å². The lowest BCUT2D eigenvalue weighted by molar-refractivity contribution is 0.107. The van der Waals surface area contributed by atoms with E-state index in [4.69, 9.17) is 14.2 Å². The number of rotatable bonds is 4. The maximum absolute atomic E-state index is 11.3. The van der Waals surface area contributed by atoms with Crippen molar-refractivity contribution >= 4 is 10.8 Å². The number of ether oxygens (including phenoxy) is 3. The Hall–Kier alpha value is -3.70. The molecule has 0 saturated heterocycles. The van der Waals surface area contributed by atoms with Gasteiger partial charge in [0.05, 0.1) is 21.3 Å². The molecule has 0 aliphatic heterocycles. The SMILES string of the molecule is COc1ccc(-c2cc3c(O)cc4c(c3cc2OC)-c2ccccc2C4(C)O)c(OC)c1. The second kappa shape index (κ2) is 7.18. The van der Waals surface area contributed by atoms with Crippen LogP contribution in [0.25, 0.3) is 33.0 Å². The summed E-state index contributed by atoms with van der Waals surface area (Å²) >= 11 is 0. The normalized spacial score (nSPS) is 16.5. The summed E-state index contributed by atoms with van der Waals surface area (Å²) in [6, 6.07) is 18.9. The monoisotopic (exact) mass is 428 g/mol. The molecule has 5 heteroatoms. The van der Waals surface area contributed by atoms with E-state index in [2.05, 4.69) is 0 Å². The second-order valence-corrected chi connectivity index (χ2v) is 8.10. The highest BCUT2D eigenvalue weighted by molar-refractivity contribution is 6.07. The summed E-state index contributed by atoms with van der Waals surface area (Å²) in [5, 5.41) is 23.8. The summed E-state index contributed by atoms with van der Waals surface area (Å²) in [5.41, 5.74) is 3.77. The summed E-state index contributed by atoms with van der Waals surface area (Å²) in [5.74, 6) is 2.06. The molecule has 0 amide bonds. The lowest BCUT2D eigenvalue weighted by atomic mass is 9.90. The minimum atomic E-state index is -1.19. The van der Waals surface area contributed by atoms with E-state index in [1.165, 1.54) is 0 Å². The van der Waals surface area contributed by atoms with Crippen molar-refractivity contribution < 1.29 is 24.4 Å². The number of hydrogen-bond acceptors (Lipinski definition) is 5. The van der Waals surface area contributed by atoms with Gasteiger partial charge in [0.1, 0.15) is 28.6 Å². The maximum atomic E-state index is 11.3. The van der Waals surface area contributed by atoms with Gasteiger partial charge in [-0.1, -0.05) is 24.3 Å². The zero-order valence-electron chi connectivity index (χ0n) is 18.4. The number of phenols is 1. The van der Waals surface area contributed by atoms with Gasteiger partial charge in [0, 0.05) is 22.6 Å². The second-order valence-electron chi connectivity index (χ2n) is 8.10. The molecule has 0 aromatic heterocycles. The molecular weight excluding hydrogens is 404 g/mol. The largest absolute Gasteiger partial charge is 0.507 e. The van der Waals surface area contributed by atoms with Crippen molar-refractivity contribution in [2.24, 2.45) is 0 Å². The van der Waals surface area contributed by atoms with Gasteiger partial charge in [0.15, 0.2) is 0 Å². The minimum Gasteiger partial charge on any atom is -0.507 e. The smallest absolute Gasteiger partial charge is 0.130 e. The molecule has 162 valence electrons. The van der Waals surface area contributed by atoms with Gasteiger partial charge >= 0.3 is 0 Å². The van der Waals surface area contributed by atoms with E-state index in [1.54, 1.807) is 34.3 Å². The van der Waals surface area contributed by atoms with Crippen molar-refractivity contribution in [3.8, 4) is 45.3 Å². The average Bonchev–Trinajstić information content (AvgIpc) is 3.04. The molecule has 0 radical (unpaired) electrons. The number of aliphatic hydroxyl groups is 1. The van der Waals surface area contributed by atoms with Crippen LogP contribution in [0.3, 0.4) is 0 Å². The third kappa shape index (κ3) is 2.75.